The largest absolute Gasteiger partial charge is 0.465 e. The molecule has 0 bridgehead atoms. The van der Waals surface area contributed by atoms with Crippen LogP contribution in [0.25, 0.3) is 0 Å². The van der Waals surface area contributed by atoms with E-state index in [1.54, 1.807) is 44.4 Å². The molecule has 8 heteroatoms. The first kappa shape index (κ1) is 19.2. The molecule has 0 aliphatic carbocycles. The minimum absolute atomic E-state index is 0.0505. The summed E-state index contributed by atoms with van der Waals surface area (Å²) in [6, 6.07) is 6.57. The molecule has 2 N–H and O–H groups in total. The van der Waals surface area contributed by atoms with Gasteiger partial charge < -0.3 is 15.4 Å². The van der Waals surface area contributed by atoms with E-state index >= 15 is 0 Å². The Hall–Kier alpha value is -3.16. The van der Waals surface area contributed by atoms with Crippen molar-refractivity contribution in [2.45, 2.75) is 26.9 Å². The second-order valence-corrected chi connectivity index (χ2v) is 6.03. The average molecular weight is 358 g/mol. The summed E-state index contributed by atoms with van der Waals surface area (Å²) in [6.45, 7) is 3.88. The molecule has 1 heterocycles. The molecule has 2 aromatic rings. The number of nitrogens with one attached hydrogen (secondary N) is 2. The standard InChI is InChI=1S/C18H22N4O4/c1-12(2)17(24)19-10-13-7-14(18(25)26-3)9-15(8-13)21-16(23)11-22-6-4-5-20-22/h4-9,12H,10-11H2,1-3H3,(H,19,24)(H,21,23). The Morgan fingerprint density at radius 1 is 1.23 bits per heavy atom. The Morgan fingerprint density at radius 2 is 2.00 bits per heavy atom. The van der Waals surface area contributed by atoms with E-state index in [0.29, 0.717) is 11.3 Å². The molecule has 1 aromatic carbocycles. The lowest BCUT2D eigenvalue weighted by molar-refractivity contribution is -0.124. The predicted octanol–water partition coefficient (Wildman–Crippen LogP) is 1.58. The molecule has 0 unspecified atom stereocenters. The quantitative estimate of drug-likeness (QED) is 0.732. The van der Waals surface area contributed by atoms with Crippen LogP contribution in [0.4, 0.5) is 5.69 Å². The normalized spacial score (nSPS) is 10.5. The highest BCUT2D eigenvalue weighted by Crippen LogP contribution is 2.16. The summed E-state index contributed by atoms with van der Waals surface area (Å²) in [6.07, 6.45) is 3.26. The first-order chi connectivity index (χ1) is 12.4. The van der Waals surface area contributed by atoms with Gasteiger partial charge in [0.25, 0.3) is 0 Å². The predicted molar refractivity (Wildman–Crippen MR) is 95.3 cm³/mol. The summed E-state index contributed by atoms with van der Waals surface area (Å²) >= 11 is 0. The van der Waals surface area contributed by atoms with Gasteiger partial charge in [-0.1, -0.05) is 13.8 Å². The lowest BCUT2D eigenvalue weighted by Gasteiger charge is -2.12. The van der Waals surface area contributed by atoms with Crippen LogP contribution in [0.1, 0.15) is 29.8 Å². The van der Waals surface area contributed by atoms with Gasteiger partial charge in [0.05, 0.1) is 12.7 Å². The SMILES string of the molecule is COC(=O)c1cc(CNC(=O)C(C)C)cc(NC(=O)Cn2cccn2)c1. The van der Waals surface area contributed by atoms with E-state index < -0.39 is 5.97 Å². The van der Waals surface area contributed by atoms with E-state index in [-0.39, 0.29) is 36.4 Å². The molecule has 8 nitrogen and oxygen atoms in total. The number of esters is 1. The molecular weight excluding hydrogens is 336 g/mol. The van der Waals surface area contributed by atoms with Crippen molar-refractivity contribution >= 4 is 23.5 Å². The molecule has 26 heavy (non-hydrogen) atoms. The monoisotopic (exact) mass is 358 g/mol. The Morgan fingerprint density at radius 3 is 2.62 bits per heavy atom. The fourth-order valence-electron chi connectivity index (χ4n) is 2.24. The zero-order valence-corrected chi connectivity index (χ0v) is 15.0. The summed E-state index contributed by atoms with van der Waals surface area (Å²) in [5.74, 6) is -1.05. The van der Waals surface area contributed by atoms with Gasteiger partial charge in [-0.05, 0) is 29.8 Å². The zero-order chi connectivity index (χ0) is 19.1. The van der Waals surface area contributed by atoms with E-state index in [0.717, 1.165) is 0 Å². The van der Waals surface area contributed by atoms with Crippen molar-refractivity contribution in [3.63, 3.8) is 0 Å². The van der Waals surface area contributed by atoms with Crippen LogP contribution in [0.15, 0.2) is 36.7 Å². The van der Waals surface area contributed by atoms with E-state index in [1.165, 1.54) is 17.9 Å². The fraction of sp³-hybridized carbons (Fsp3) is 0.333. The Bertz CT molecular complexity index is 784. The van der Waals surface area contributed by atoms with Crippen LogP contribution >= 0.6 is 0 Å². The van der Waals surface area contributed by atoms with Crippen LogP contribution < -0.4 is 10.6 Å². The van der Waals surface area contributed by atoms with Crippen molar-refractivity contribution in [2.75, 3.05) is 12.4 Å². The Labute approximate surface area is 151 Å². The molecule has 0 saturated heterocycles. The molecule has 0 saturated carbocycles. The van der Waals surface area contributed by atoms with Crippen LogP contribution in [0, 0.1) is 5.92 Å². The number of nitrogens with zero attached hydrogens (tertiary/aromatic N) is 2. The topological polar surface area (TPSA) is 102 Å². The summed E-state index contributed by atoms with van der Waals surface area (Å²) in [5.41, 5.74) is 1.41. The van der Waals surface area contributed by atoms with Gasteiger partial charge in [0, 0.05) is 30.5 Å². The number of hydrogen-bond donors (Lipinski definition) is 2. The summed E-state index contributed by atoms with van der Waals surface area (Å²) in [4.78, 5) is 35.8. The fourth-order valence-corrected chi connectivity index (χ4v) is 2.24. The Balaban J connectivity index is 2.15. The van der Waals surface area contributed by atoms with Gasteiger partial charge in [-0.3, -0.25) is 14.3 Å². The maximum atomic E-state index is 12.1. The van der Waals surface area contributed by atoms with Crippen LogP contribution in [0.3, 0.4) is 0 Å². The molecule has 0 aliphatic heterocycles. The van der Waals surface area contributed by atoms with Crippen LogP contribution in [0.2, 0.25) is 0 Å². The number of carbonyl (C=O) groups excluding carboxylic acids is 3. The summed E-state index contributed by atoms with van der Waals surface area (Å²) < 4.78 is 6.24. The molecule has 0 atom stereocenters. The maximum Gasteiger partial charge on any atom is 0.337 e. The lowest BCUT2D eigenvalue weighted by atomic mass is 10.1. The summed E-state index contributed by atoms with van der Waals surface area (Å²) in [5, 5.41) is 9.49. The van der Waals surface area contributed by atoms with Gasteiger partial charge in [-0.15, -0.1) is 0 Å². The third-order valence-electron chi connectivity index (χ3n) is 3.55. The number of amides is 2. The van der Waals surface area contributed by atoms with Crippen molar-refractivity contribution in [2.24, 2.45) is 5.92 Å². The van der Waals surface area contributed by atoms with Crippen LogP contribution in [0.5, 0.6) is 0 Å². The number of rotatable bonds is 7. The van der Waals surface area contributed by atoms with Crippen molar-refractivity contribution in [3.8, 4) is 0 Å². The van der Waals surface area contributed by atoms with Crippen molar-refractivity contribution in [3.05, 3.63) is 47.8 Å². The number of aromatic nitrogens is 2. The highest BCUT2D eigenvalue weighted by atomic mass is 16.5. The van der Waals surface area contributed by atoms with Gasteiger partial charge in [-0.25, -0.2) is 4.79 Å². The number of anilines is 1. The molecule has 0 spiro atoms. The molecule has 2 rings (SSSR count). The zero-order valence-electron chi connectivity index (χ0n) is 15.0. The van der Waals surface area contributed by atoms with Gasteiger partial charge in [0.1, 0.15) is 6.54 Å². The van der Waals surface area contributed by atoms with Crippen molar-refractivity contribution in [1.82, 2.24) is 15.1 Å². The first-order valence-electron chi connectivity index (χ1n) is 8.16. The van der Waals surface area contributed by atoms with Gasteiger partial charge in [0.15, 0.2) is 0 Å². The van der Waals surface area contributed by atoms with Gasteiger partial charge >= 0.3 is 5.97 Å². The molecule has 0 radical (unpaired) electrons. The number of ether oxygens (including phenoxy) is 1. The molecule has 138 valence electrons. The molecule has 2 amide bonds. The van der Waals surface area contributed by atoms with E-state index in [2.05, 4.69) is 15.7 Å². The average Bonchev–Trinajstić information content (AvgIpc) is 3.11. The van der Waals surface area contributed by atoms with Crippen molar-refractivity contribution < 1.29 is 19.1 Å². The molecule has 0 aliphatic rings. The van der Waals surface area contributed by atoms with Crippen LogP contribution in [-0.2, 0) is 27.4 Å². The number of carbonyl (C=O) groups is 3. The number of methoxy groups -OCH3 is 1. The lowest BCUT2D eigenvalue weighted by Crippen LogP contribution is -2.27. The number of benzene rings is 1. The van der Waals surface area contributed by atoms with Gasteiger partial charge in [0.2, 0.25) is 11.8 Å². The number of hydrogen-bond acceptors (Lipinski definition) is 5. The highest BCUT2D eigenvalue weighted by molar-refractivity contribution is 5.94. The Kier molecular flexibility index (Phi) is 6.48. The highest BCUT2D eigenvalue weighted by Gasteiger charge is 2.13. The minimum Gasteiger partial charge on any atom is -0.465 e. The molecule has 0 fully saturated rings. The molecule has 1 aromatic heterocycles. The van der Waals surface area contributed by atoms with E-state index in [9.17, 15) is 14.4 Å². The van der Waals surface area contributed by atoms with Crippen molar-refractivity contribution in [1.29, 1.82) is 0 Å². The molecular formula is C18H22N4O4. The third kappa shape index (κ3) is 5.44. The minimum atomic E-state index is -0.524. The maximum absolute atomic E-state index is 12.1. The summed E-state index contributed by atoms with van der Waals surface area (Å²) in [7, 11) is 1.28. The smallest absolute Gasteiger partial charge is 0.337 e. The first-order valence-corrected chi connectivity index (χ1v) is 8.16. The second kappa shape index (κ2) is 8.80. The van der Waals surface area contributed by atoms with Crippen LogP contribution in [-0.4, -0.2) is 34.7 Å². The van der Waals surface area contributed by atoms with E-state index in [1.807, 2.05) is 0 Å². The van der Waals surface area contributed by atoms with E-state index in [4.69, 9.17) is 4.74 Å². The van der Waals surface area contributed by atoms with Gasteiger partial charge in [-0.2, -0.15) is 5.10 Å². The third-order valence-corrected chi connectivity index (χ3v) is 3.55. The second-order valence-electron chi connectivity index (χ2n) is 6.03.